The molecule has 0 saturated carbocycles. The summed E-state index contributed by atoms with van der Waals surface area (Å²) in [5, 5.41) is 0. The van der Waals surface area contributed by atoms with Crippen molar-refractivity contribution in [2.24, 2.45) is 0 Å². The third kappa shape index (κ3) is 7.45. The Kier molecular flexibility index (Phi) is 8.23. The van der Waals surface area contributed by atoms with Crippen LogP contribution < -0.4 is 0 Å². The summed E-state index contributed by atoms with van der Waals surface area (Å²) in [7, 11) is 8.78. The third-order valence-corrected chi connectivity index (χ3v) is 5.32. The molecule has 23 heavy (non-hydrogen) atoms. The van der Waals surface area contributed by atoms with Crippen LogP contribution in [0.2, 0.25) is 0 Å². The molecule has 0 aromatic heterocycles. The summed E-state index contributed by atoms with van der Waals surface area (Å²) in [5.74, 6) is 0. The van der Waals surface area contributed by atoms with E-state index in [4.69, 9.17) is 0 Å². The fraction of sp³-hybridized carbons (Fsp3) is 1.00. The largest absolute Gasteiger partial charge is 0.304 e. The van der Waals surface area contributed by atoms with Gasteiger partial charge in [0.05, 0.1) is 6.67 Å². The van der Waals surface area contributed by atoms with Crippen LogP contribution in [-0.2, 0) is 0 Å². The first-order valence-corrected chi connectivity index (χ1v) is 9.22. The molecule has 0 radical (unpaired) electrons. The normalized spacial score (nSPS) is 27.7. The Bertz CT molecular complexity index is 272. The van der Waals surface area contributed by atoms with Gasteiger partial charge in [0.1, 0.15) is 0 Å². The van der Waals surface area contributed by atoms with Crippen LogP contribution in [0.4, 0.5) is 0 Å². The lowest BCUT2D eigenvalue weighted by atomic mass is 10.3. The Hall–Kier alpha value is -0.240. The molecule has 0 bridgehead atoms. The van der Waals surface area contributed by atoms with E-state index < -0.39 is 0 Å². The predicted octanol–water partition coefficient (Wildman–Crippen LogP) is -0.698. The minimum atomic E-state index is 1.18. The Balaban J connectivity index is 0.000000203. The standard InChI is InChI=1S/C11H24N4.C6H14N2/c1-12-3-7-14(8-4-12)11-15-9-5-13(2)6-10-15;1-7-3-5-8(2)6-4-7/h3-11H2,1-2H3;3-6H2,1-2H3. The fourth-order valence-corrected chi connectivity index (χ4v) is 3.17. The van der Waals surface area contributed by atoms with Gasteiger partial charge in [0.2, 0.25) is 0 Å². The summed E-state index contributed by atoms with van der Waals surface area (Å²) < 4.78 is 0. The van der Waals surface area contributed by atoms with Gasteiger partial charge in [0.15, 0.2) is 0 Å². The average molecular weight is 327 g/mol. The summed E-state index contributed by atoms with van der Waals surface area (Å²) in [4.78, 5) is 14.7. The van der Waals surface area contributed by atoms with Gasteiger partial charge in [-0.05, 0) is 28.2 Å². The lowest BCUT2D eigenvalue weighted by molar-refractivity contribution is 0.0563. The van der Waals surface area contributed by atoms with Crippen LogP contribution in [0, 0.1) is 0 Å². The number of rotatable bonds is 2. The van der Waals surface area contributed by atoms with E-state index in [-0.39, 0.29) is 0 Å². The molecular formula is C17H38N6. The highest BCUT2D eigenvalue weighted by Gasteiger charge is 2.19. The summed E-state index contributed by atoms with van der Waals surface area (Å²) in [6, 6.07) is 0. The van der Waals surface area contributed by atoms with E-state index in [1.807, 2.05) is 0 Å². The average Bonchev–Trinajstić information content (AvgIpc) is 2.55. The molecule has 3 aliphatic heterocycles. The molecule has 0 unspecified atom stereocenters. The lowest BCUT2D eigenvalue weighted by Gasteiger charge is -2.39. The van der Waals surface area contributed by atoms with Crippen LogP contribution in [0.25, 0.3) is 0 Å². The lowest BCUT2D eigenvalue weighted by Crippen LogP contribution is -2.52. The van der Waals surface area contributed by atoms with Gasteiger partial charge in [0.25, 0.3) is 0 Å². The highest BCUT2D eigenvalue weighted by Crippen LogP contribution is 2.04. The zero-order chi connectivity index (χ0) is 16.7. The van der Waals surface area contributed by atoms with Crippen LogP contribution in [-0.4, -0.2) is 143 Å². The van der Waals surface area contributed by atoms with Gasteiger partial charge in [-0.1, -0.05) is 0 Å². The molecule has 6 heteroatoms. The molecule has 136 valence electrons. The zero-order valence-corrected chi connectivity index (χ0v) is 15.9. The quantitative estimate of drug-likeness (QED) is 0.664. The minimum Gasteiger partial charge on any atom is -0.304 e. The van der Waals surface area contributed by atoms with E-state index in [2.05, 4.69) is 57.6 Å². The topological polar surface area (TPSA) is 19.4 Å². The number of nitrogens with zero attached hydrogens (tertiary/aromatic N) is 6. The van der Waals surface area contributed by atoms with Crippen molar-refractivity contribution in [1.82, 2.24) is 29.4 Å². The van der Waals surface area contributed by atoms with Crippen molar-refractivity contribution in [3.05, 3.63) is 0 Å². The van der Waals surface area contributed by atoms with Crippen LogP contribution in [0.1, 0.15) is 0 Å². The first-order valence-electron chi connectivity index (χ1n) is 9.22. The van der Waals surface area contributed by atoms with Gasteiger partial charge in [-0.3, -0.25) is 9.80 Å². The summed E-state index contributed by atoms with van der Waals surface area (Å²) in [6.45, 7) is 16.0. The van der Waals surface area contributed by atoms with Crippen LogP contribution in [0.3, 0.4) is 0 Å². The van der Waals surface area contributed by atoms with E-state index in [9.17, 15) is 0 Å². The molecule has 0 N–H and O–H groups in total. The first kappa shape index (κ1) is 19.1. The molecule has 0 atom stereocenters. The van der Waals surface area contributed by atoms with Gasteiger partial charge < -0.3 is 19.6 Å². The Labute approximate surface area is 143 Å². The molecule has 6 nitrogen and oxygen atoms in total. The zero-order valence-electron chi connectivity index (χ0n) is 15.9. The molecule has 0 spiro atoms. The minimum absolute atomic E-state index is 1.18. The number of hydrogen-bond donors (Lipinski definition) is 0. The molecule has 3 heterocycles. The SMILES string of the molecule is CN1CCN(C)CC1.CN1CCN(CN2CCN(C)CC2)CC1. The number of likely N-dealkylation sites (N-methyl/N-ethyl adjacent to an activating group) is 4. The highest BCUT2D eigenvalue weighted by molar-refractivity contribution is 4.73. The van der Waals surface area contributed by atoms with Crippen molar-refractivity contribution in [3.8, 4) is 0 Å². The van der Waals surface area contributed by atoms with Crippen molar-refractivity contribution in [2.75, 3.05) is 113 Å². The van der Waals surface area contributed by atoms with Crippen molar-refractivity contribution < 1.29 is 0 Å². The molecule has 3 aliphatic rings. The molecule has 0 aromatic rings. The van der Waals surface area contributed by atoms with Crippen molar-refractivity contribution >= 4 is 0 Å². The highest BCUT2D eigenvalue weighted by atomic mass is 15.4. The van der Waals surface area contributed by atoms with E-state index in [1.54, 1.807) is 0 Å². The smallest absolute Gasteiger partial charge is 0.0508 e. The Morgan fingerprint density at radius 2 is 0.609 bits per heavy atom. The second-order valence-electron chi connectivity index (χ2n) is 7.59. The maximum Gasteiger partial charge on any atom is 0.0508 e. The molecule has 0 amide bonds. The van der Waals surface area contributed by atoms with Crippen molar-refractivity contribution in [3.63, 3.8) is 0 Å². The van der Waals surface area contributed by atoms with Gasteiger partial charge >= 0.3 is 0 Å². The maximum absolute atomic E-state index is 2.59. The van der Waals surface area contributed by atoms with Crippen LogP contribution >= 0.6 is 0 Å². The third-order valence-electron chi connectivity index (χ3n) is 5.32. The van der Waals surface area contributed by atoms with Gasteiger partial charge in [-0.15, -0.1) is 0 Å². The summed E-state index contributed by atoms with van der Waals surface area (Å²) in [5.41, 5.74) is 0. The maximum atomic E-state index is 2.59. The van der Waals surface area contributed by atoms with Gasteiger partial charge in [-0.25, -0.2) is 0 Å². The van der Waals surface area contributed by atoms with E-state index in [0.29, 0.717) is 0 Å². The van der Waals surface area contributed by atoms with Crippen LogP contribution in [0.15, 0.2) is 0 Å². The number of piperazine rings is 3. The van der Waals surface area contributed by atoms with E-state index in [0.717, 1.165) is 0 Å². The predicted molar refractivity (Wildman–Crippen MR) is 98.0 cm³/mol. The van der Waals surface area contributed by atoms with Gasteiger partial charge in [0, 0.05) is 78.5 Å². The Morgan fingerprint density at radius 1 is 0.391 bits per heavy atom. The van der Waals surface area contributed by atoms with E-state index >= 15 is 0 Å². The van der Waals surface area contributed by atoms with E-state index in [1.165, 1.54) is 85.2 Å². The van der Waals surface area contributed by atoms with Crippen LogP contribution in [0.5, 0.6) is 0 Å². The fourth-order valence-electron chi connectivity index (χ4n) is 3.17. The number of hydrogen-bond acceptors (Lipinski definition) is 6. The molecule has 3 saturated heterocycles. The van der Waals surface area contributed by atoms with Crippen molar-refractivity contribution in [2.45, 2.75) is 0 Å². The molecule has 0 aliphatic carbocycles. The van der Waals surface area contributed by atoms with Gasteiger partial charge in [-0.2, -0.15) is 0 Å². The molecular weight excluding hydrogens is 288 g/mol. The monoisotopic (exact) mass is 326 g/mol. The second-order valence-corrected chi connectivity index (χ2v) is 7.59. The molecule has 3 rings (SSSR count). The molecule has 0 aromatic carbocycles. The Morgan fingerprint density at radius 3 is 0.870 bits per heavy atom. The summed E-state index contributed by atoms with van der Waals surface area (Å²) >= 11 is 0. The first-order chi connectivity index (χ1) is 11.0. The summed E-state index contributed by atoms with van der Waals surface area (Å²) in [6.07, 6.45) is 0. The van der Waals surface area contributed by atoms with Crippen molar-refractivity contribution in [1.29, 1.82) is 0 Å². The molecule has 3 fully saturated rings. The second kappa shape index (κ2) is 9.91.